The minimum absolute atomic E-state index is 0.140. The van der Waals surface area contributed by atoms with Crippen LogP contribution in [0.4, 0.5) is 0 Å². The topological polar surface area (TPSA) is 76.4 Å². The fourth-order valence-corrected chi connectivity index (χ4v) is 2.48. The molecule has 0 N–H and O–H groups in total. The highest BCUT2D eigenvalue weighted by molar-refractivity contribution is 14.1. The Morgan fingerprint density at radius 1 is 1.17 bits per heavy atom. The molecule has 0 aromatic heterocycles. The van der Waals surface area contributed by atoms with E-state index in [0.29, 0.717) is 16.9 Å². The van der Waals surface area contributed by atoms with Crippen molar-refractivity contribution in [1.82, 2.24) is 0 Å². The van der Waals surface area contributed by atoms with E-state index in [1.54, 1.807) is 42.5 Å². The van der Waals surface area contributed by atoms with Crippen LogP contribution in [0, 0.1) is 14.9 Å². The van der Waals surface area contributed by atoms with Gasteiger partial charge in [0.2, 0.25) is 0 Å². The van der Waals surface area contributed by atoms with Gasteiger partial charge in [0, 0.05) is 3.57 Å². The summed E-state index contributed by atoms with van der Waals surface area (Å²) in [5.74, 6) is -0.885. The fraction of sp³-hybridized carbons (Fsp3) is 0.0556. The Morgan fingerprint density at radius 2 is 1.92 bits per heavy atom. The first-order chi connectivity index (χ1) is 11.5. The maximum Gasteiger partial charge on any atom is 0.348 e. The molecule has 2 aromatic rings. The Labute approximate surface area is 152 Å². The summed E-state index contributed by atoms with van der Waals surface area (Å²) in [6.45, 7) is 0. The number of rotatable bonds is 4. The van der Waals surface area contributed by atoms with Gasteiger partial charge >= 0.3 is 11.9 Å². The van der Waals surface area contributed by atoms with E-state index in [1.165, 1.54) is 13.2 Å². The van der Waals surface area contributed by atoms with Gasteiger partial charge in [0.15, 0.2) is 0 Å². The van der Waals surface area contributed by atoms with Crippen molar-refractivity contribution in [1.29, 1.82) is 5.26 Å². The smallest absolute Gasteiger partial charge is 0.348 e. The lowest BCUT2D eigenvalue weighted by Gasteiger charge is -2.06. The van der Waals surface area contributed by atoms with Gasteiger partial charge < -0.3 is 9.47 Å². The van der Waals surface area contributed by atoms with E-state index in [0.717, 1.165) is 3.57 Å². The second-order valence-electron chi connectivity index (χ2n) is 4.60. The van der Waals surface area contributed by atoms with Crippen LogP contribution in [0.1, 0.15) is 15.9 Å². The number of carbonyl (C=O) groups excluding carboxylic acids is 2. The molecule has 120 valence electrons. The predicted octanol–water partition coefficient (Wildman–Crippen LogP) is 3.59. The Bertz CT molecular complexity index is 852. The molecule has 0 radical (unpaired) electrons. The molecule has 0 saturated heterocycles. The zero-order valence-electron chi connectivity index (χ0n) is 12.7. The second kappa shape index (κ2) is 8.26. The standard InChI is InChI=1S/C18H12INO4/c1-23-17(21)13(11-20)9-12-5-4-6-14(10-12)24-18(22)15-7-2-3-8-16(15)19/h2-10H,1H3/b13-9+. The molecule has 0 amide bonds. The minimum Gasteiger partial charge on any atom is -0.465 e. The maximum atomic E-state index is 12.2. The van der Waals surface area contributed by atoms with Crippen LogP contribution in [-0.2, 0) is 9.53 Å². The van der Waals surface area contributed by atoms with Crippen molar-refractivity contribution in [3.05, 3.63) is 68.8 Å². The zero-order valence-corrected chi connectivity index (χ0v) is 14.8. The van der Waals surface area contributed by atoms with E-state index in [9.17, 15) is 9.59 Å². The van der Waals surface area contributed by atoms with Gasteiger partial charge in [0.05, 0.1) is 12.7 Å². The maximum absolute atomic E-state index is 12.2. The van der Waals surface area contributed by atoms with Crippen molar-refractivity contribution in [3.63, 3.8) is 0 Å². The number of hydrogen-bond donors (Lipinski definition) is 0. The van der Waals surface area contributed by atoms with E-state index in [1.807, 2.05) is 12.1 Å². The van der Waals surface area contributed by atoms with Gasteiger partial charge in [-0.1, -0.05) is 24.3 Å². The molecule has 2 rings (SSSR count). The Hall–Kier alpha value is -2.66. The van der Waals surface area contributed by atoms with Crippen LogP contribution in [-0.4, -0.2) is 19.0 Å². The summed E-state index contributed by atoms with van der Waals surface area (Å²) in [5.41, 5.74) is 0.870. The lowest BCUT2D eigenvalue weighted by Crippen LogP contribution is -2.10. The molecule has 0 heterocycles. The number of ether oxygens (including phenoxy) is 2. The highest BCUT2D eigenvalue weighted by Crippen LogP contribution is 2.19. The van der Waals surface area contributed by atoms with E-state index >= 15 is 0 Å². The van der Waals surface area contributed by atoms with Crippen molar-refractivity contribution in [2.75, 3.05) is 7.11 Å². The quantitative estimate of drug-likeness (QED) is 0.242. The van der Waals surface area contributed by atoms with Crippen LogP contribution in [0.3, 0.4) is 0 Å². The molecule has 0 aliphatic rings. The van der Waals surface area contributed by atoms with E-state index in [4.69, 9.17) is 10.00 Å². The largest absolute Gasteiger partial charge is 0.465 e. The third-order valence-electron chi connectivity index (χ3n) is 3.00. The first-order valence-corrected chi connectivity index (χ1v) is 7.90. The molecule has 0 bridgehead atoms. The van der Waals surface area contributed by atoms with Crippen molar-refractivity contribution >= 4 is 40.6 Å². The number of nitrogens with zero attached hydrogens (tertiary/aromatic N) is 1. The minimum atomic E-state index is -0.723. The van der Waals surface area contributed by atoms with Crippen molar-refractivity contribution in [2.45, 2.75) is 0 Å². The predicted molar refractivity (Wildman–Crippen MR) is 96.2 cm³/mol. The highest BCUT2D eigenvalue weighted by Gasteiger charge is 2.12. The number of methoxy groups -OCH3 is 1. The molecule has 0 atom stereocenters. The van der Waals surface area contributed by atoms with Crippen molar-refractivity contribution in [3.8, 4) is 11.8 Å². The van der Waals surface area contributed by atoms with Crippen LogP contribution in [0.15, 0.2) is 54.1 Å². The lowest BCUT2D eigenvalue weighted by atomic mass is 10.1. The van der Waals surface area contributed by atoms with Gasteiger partial charge in [0.25, 0.3) is 0 Å². The van der Waals surface area contributed by atoms with Crippen LogP contribution in [0.2, 0.25) is 0 Å². The summed E-state index contributed by atoms with van der Waals surface area (Å²) < 4.78 is 10.7. The molecular weight excluding hydrogens is 421 g/mol. The van der Waals surface area contributed by atoms with Gasteiger partial charge in [-0.05, 0) is 58.5 Å². The summed E-state index contributed by atoms with van der Waals surface area (Å²) >= 11 is 2.06. The normalized spacial score (nSPS) is 10.6. The third-order valence-corrected chi connectivity index (χ3v) is 3.94. The molecule has 0 spiro atoms. The summed E-state index contributed by atoms with van der Waals surface area (Å²) in [7, 11) is 1.20. The average molecular weight is 433 g/mol. The van der Waals surface area contributed by atoms with Crippen LogP contribution in [0.5, 0.6) is 5.75 Å². The number of halogens is 1. The van der Waals surface area contributed by atoms with Crippen LogP contribution < -0.4 is 4.74 Å². The van der Waals surface area contributed by atoms with Gasteiger partial charge in [-0.3, -0.25) is 0 Å². The summed E-state index contributed by atoms with van der Waals surface area (Å²) in [6, 6.07) is 15.4. The lowest BCUT2D eigenvalue weighted by molar-refractivity contribution is -0.135. The van der Waals surface area contributed by atoms with Gasteiger partial charge in [-0.25, -0.2) is 9.59 Å². The van der Waals surface area contributed by atoms with Crippen molar-refractivity contribution < 1.29 is 19.1 Å². The first-order valence-electron chi connectivity index (χ1n) is 6.82. The third kappa shape index (κ3) is 4.43. The van der Waals surface area contributed by atoms with Crippen molar-refractivity contribution in [2.24, 2.45) is 0 Å². The average Bonchev–Trinajstić information content (AvgIpc) is 2.59. The Balaban J connectivity index is 2.24. The number of esters is 2. The molecule has 2 aromatic carbocycles. The molecule has 0 aliphatic carbocycles. The van der Waals surface area contributed by atoms with E-state index in [-0.39, 0.29) is 5.57 Å². The Kier molecular flexibility index (Phi) is 6.09. The summed E-state index contributed by atoms with van der Waals surface area (Å²) in [5, 5.41) is 8.98. The van der Waals surface area contributed by atoms with Gasteiger partial charge in [-0.2, -0.15) is 5.26 Å². The molecule has 0 unspecified atom stereocenters. The molecule has 0 fully saturated rings. The van der Waals surface area contributed by atoms with E-state index < -0.39 is 11.9 Å². The fourth-order valence-electron chi connectivity index (χ4n) is 1.87. The molecule has 6 heteroatoms. The number of nitriles is 1. The van der Waals surface area contributed by atoms with Crippen LogP contribution >= 0.6 is 22.6 Å². The molecular formula is C18H12INO4. The zero-order chi connectivity index (χ0) is 17.5. The Morgan fingerprint density at radius 3 is 2.58 bits per heavy atom. The number of carbonyl (C=O) groups is 2. The SMILES string of the molecule is COC(=O)/C(C#N)=C/c1cccc(OC(=O)c2ccccc2I)c1. The van der Waals surface area contributed by atoms with Gasteiger partial charge in [0.1, 0.15) is 17.4 Å². The molecule has 0 saturated carbocycles. The molecule has 5 nitrogen and oxygen atoms in total. The molecule has 24 heavy (non-hydrogen) atoms. The summed E-state index contributed by atoms with van der Waals surface area (Å²) in [4.78, 5) is 23.6. The monoisotopic (exact) mass is 433 g/mol. The first kappa shape index (κ1) is 17.7. The summed E-state index contributed by atoms with van der Waals surface area (Å²) in [6.07, 6.45) is 1.37. The van der Waals surface area contributed by atoms with E-state index in [2.05, 4.69) is 27.3 Å². The van der Waals surface area contributed by atoms with Crippen LogP contribution in [0.25, 0.3) is 6.08 Å². The number of benzene rings is 2. The number of hydrogen-bond acceptors (Lipinski definition) is 5. The van der Waals surface area contributed by atoms with Gasteiger partial charge in [-0.15, -0.1) is 0 Å². The highest BCUT2D eigenvalue weighted by atomic mass is 127. The molecule has 0 aliphatic heterocycles. The second-order valence-corrected chi connectivity index (χ2v) is 5.77.